The third-order valence-electron chi connectivity index (χ3n) is 3.26. The van der Waals surface area contributed by atoms with E-state index in [9.17, 15) is 0 Å². The van der Waals surface area contributed by atoms with Gasteiger partial charge in [-0.05, 0) is 50.4 Å². The summed E-state index contributed by atoms with van der Waals surface area (Å²) in [7, 11) is 1.97. The zero-order chi connectivity index (χ0) is 13.3. The van der Waals surface area contributed by atoms with E-state index >= 15 is 0 Å². The lowest BCUT2D eigenvalue weighted by Crippen LogP contribution is -2.12. The third kappa shape index (κ3) is 7.32. The normalized spacial score (nSPS) is 14.7. The monoisotopic (exact) mass is 238 g/mol. The molecule has 0 bridgehead atoms. The van der Waals surface area contributed by atoms with Crippen LogP contribution < -0.4 is 5.32 Å². The molecule has 1 unspecified atom stereocenters. The quantitative estimate of drug-likeness (QED) is 0.603. The molecule has 2 nitrogen and oxygen atoms in total. The van der Waals surface area contributed by atoms with Gasteiger partial charge in [-0.2, -0.15) is 0 Å². The Morgan fingerprint density at radius 3 is 2.35 bits per heavy atom. The van der Waals surface area contributed by atoms with Crippen LogP contribution in [0.1, 0.15) is 53.4 Å². The lowest BCUT2D eigenvalue weighted by Gasteiger charge is -2.17. The predicted octanol–water partition coefficient (Wildman–Crippen LogP) is 4.03. The van der Waals surface area contributed by atoms with E-state index in [-0.39, 0.29) is 0 Å². The average Bonchev–Trinajstić information content (AvgIpc) is 2.31. The zero-order valence-corrected chi connectivity index (χ0v) is 12.3. The van der Waals surface area contributed by atoms with Gasteiger partial charge in [0, 0.05) is 6.54 Å². The first-order valence-corrected chi connectivity index (χ1v) is 6.87. The topological polar surface area (TPSA) is 24.4 Å². The molecule has 2 heteroatoms. The van der Waals surface area contributed by atoms with Gasteiger partial charge in [-0.15, -0.1) is 0 Å². The highest BCUT2D eigenvalue weighted by Gasteiger charge is 2.10. The minimum absolute atomic E-state index is 0.741. The molecule has 0 saturated heterocycles. The number of hydrogen-bond acceptors (Lipinski definition) is 2. The minimum Gasteiger partial charge on any atom is -0.314 e. The van der Waals surface area contributed by atoms with E-state index in [0.717, 1.165) is 30.5 Å². The number of hydrogen-bond donors (Lipinski definition) is 1. The molecule has 100 valence electrons. The molecule has 0 aromatic heterocycles. The molecule has 0 heterocycles. The van der Waals surface area contributed by atoms with E-state index in [0.29, 0.717) is 0 Å². The van der Waals surface area contributed by atoms with Gasteiger partial charge in [-0.25, -0.2) is 0 Å². The maximum Gasteiger partial charge on any atom is 0.0526 e. The Labute approximate surface area is 108 Å². The third-order valence-corrected chi connectivity index (χ3v) is 3.26. The standard InChI is InChI=1S/C15H30N2/c1-7-13(4)10-14(9-8-12(2)3)15(17-6)11-16-5/h12-13,16H,6-11H2,1-5H3/b15-14-. The lowest BCUT2D eigenvalue weighted by atomic mass is 9.92. The van der Waals surface area contributed by atoms with Gasteiger partial charge >= 0.3 is 0 Å². The largest absolute Gasteiger partial charge is 0.314 e. The summed E-state index contributed by atoms with van der Waals surface area (Å²) >= 11 is 0. The Balaban J connectivity index is 4.72. The Morgan fingerprint density at radius 2 is 1.94 bits per heavy atom. The van der Waals surface area contributed by atoms with Crippen molar-refractivity contribution in [2.75, 3.05) is 13.6 Å². The molecule has 17 heavy (non-hydrogen) atoms. The van der Waals surface area contributed by atoms with Crippen LogP contribution in [0.2, 0.25) is 0 Å². The molecule has 0 amide bonds. The van der Waals surface area contributed by atoms with Crippen LogP contribution >= 0.6 is 0 Å². The van der Waals surface area contributed by atoms with Crippen molar-refractivity contribution in [1.29, 1.82) is 0 Å². The molecule has 0 aliphatic rings. The van der Waals surface area contributed by atoms with Gasteiger partial charge in [0.15, 0.2) is 0 Å². The maximum atomic E-state index is 4.21. The summed E-state index contributed by atoms with van der Waals surface area (Å²) in [6, 6.07) is 0. The van der Waals surface area contributed by atoms with Crippen molar-refractivity contribution >= 4 is 6.72 Å². The Bertz CT molecular complexity index is 241. The van der Waals surface area contributed by atoms with Crippen LogP contribution in [0.4, 0.5) is 0 Å². The van der Waals surface area contributed by atoms with E-state index in [1.165, 1.54) is 24.8 Å². The van der Waals surface area contributed by atoms with Gasteiger partial charge in [0.05, 0.1) is 5.70 Å². The molecule has 0 aromatic carbocycles. The minimum atomic E-state index is 0.741. The highest BCUT2D eigenvalue weighted by molar-refractivity contribution is 5.31. The van der Waals surface area contributed by atoms with E-state index in [1.54, 1.807) is 0 Å². The van der Waals surface area contributed by atoms with Gasteiger partial charge in [-0.3, -0.25) is 4.99 Å². The molecule has 0 saturated carbocycles. The predicted molar refractivity (Wildman–Crippen MR) is 78.6 cm³/mol. The van der Waals surface area contributed by atoms with Crippen molar-refractivity contribution in [2.24, 2.45) is 16.8 Å². The average molecular weight is 238 g/mol. The van der Waals surface area contributed by atoms with E-state index in [4.69, 9.17) is 0 Å². The molecule has 0 radical (unpaired) electrons. The smallest absolute Gasteiger partial charge is 0.0526 e. The second-order valence-electron chi connectivity index (χ2n) is 5.39. The Morgan fingerprint density at radius 1 is 1.29 bits per heavy atom. The molecule has 0 aliphatic heterocycles. The van der Waals surface area contributed by atoms with Gasteiger partial charge in [-0.1, -0.05) is 34.1 Å². The second-order valence-corrected chi connectivity index (χ2v) is 5.39. The zero-order valence-electron chi connectivity index (χ0n) is 12.3. The summed E-state index contributed by atoms with van der Waals surface area (Å²) in [4.78, 5) is 4.21. The number of nitrogens with one attached hydrogen (secondary N) is 1. The number of nitrogens with zero attached hydrogens (tertiary/aromatic N) is 1. The second kappa shape index (κ2) is 9.41. The van der Waals surface area contributed by atoms with Crippen LogP contribution in [0.3, 0.4) is 0 Å². The van der Waals surface area contributed by atoms with Gasteiger partial charge in [0.1, 0.15) is 0 Å². The highest BCUT2D eigenvalue weighted by Crippen LogP contribution is 2.24. The van der Waals surface area contributed by atoms with Crippen molar-refractivity contribution < 1.29 is 0 Å². The first-order chi connectivity index (χ1) is 8.04. The van der Waals surface area contributed by atoms with Crippen LogP contribution in [0.15, 0.2) is 16.3 Å². The van der Waals surface area contributed by atoms with Crippen molar-refractivity contribution in [3.8, 4) is 0 Å². The van der Waals surface area contributed by atoms with Crippen molar-refractivity contribution in [2.45, 2.75) is 53.4 Å². The summed E-state index contributed by atoms with van der Waals surface area (Å²) in [5.74, 6) is 1.49. The lowest BCUT2D eigenvalue weighted by molar-refractivity contribution is 0.516. The number of rotatable bonds is 9. The molecule has 0 rings (SSSR count). The fraction of sp³-hybridized carbons (Fsp3) is 0.800. The molecule has 0 spiro atoms. The van der Waals surface area contributed by atoms with Crippen LogP contribution in [0.25, 0.3) is 0 Å². The first-order valence-electron chi connectivity index (χ1n) is 6.87. The Hall–Kier alpha value is -0.630. The summed E-state index contributed by atoms with van der Waals surface area (Å²) in [5.41, 5.74) is 2.66. The summed E-state index contributed by atoms with van der Waals surface area (Å²) in [6.45, 7) is 13.7. The van der Waals surface area contributed by atoms with Crippen molar-refractivity contribution in [3.63, 3.8) is 0 Å². The van der Waals surface area contributed by atoms with Crippen LogP contribution in [0, 0.1) is 11.8 Å². The fourth-order valence-electron chi connectivity index (χ4n) is 1.85. The number of aliphatic imine (C=N–C) groups is 1. The SMILES string of the molecule is C=N/C(CNC)=C(/CCC(C)C)CC(C)CC. The molecule has 0 aliphatic carbocycles. The Kier molecular flexibility index (Phi) is 9.06. The van der Waals surface area contributed by atoms with E-state index in [1.807, 2.05) is 7.05 Å². The van der Waals surface area contributed by atoms with E-state index < -0.39 is 0 Å². The maximum absolute atomic E-state index is 4.21. The van der Waals surface area contributed by atoms with Crippen molar-refractivity contribution in [1.82, 2.24) is 5.32 Å². The first kappa shape index (κ1) is 16.4. The highest BCUT2D eigenvalue weighted by atomic mass is 14.9. The van der Waals surface area contributed by atoms with Crippen molar-refractivity contribution in [3.05, 3.63) is 11.3 Å². The number of likely N-dealkylation sites (N-methyl/N-ethyl adjacent to an activating group) is 1. The van der Waals surface area contributed by atoms with Crippen LogP contribution in [-0.4, -0.2) is 20.3 Å². The molecule has 0 aromatic rings. The summed E-state index contributed by atoms with van der Waals surface area (Å²) in [6.07, 6.45) is 4.81. The molecular formula is C15H30N2. The fourth-order valence-corrected chi connectivity index (χ4v) is 1.85. The molecule has 1 N–H and O–H groups in total. The summed E-state index contributed by atoms with van der Waals surface area (Å²) < 4.78 is 0. The summed E-state index contributed by atoms with van der Waals surface area (Å²) in [5, 5.41) is 3.19. The van der Waals surface area contributed by atoms with Crippen LogP contribution in [0.5, 0.6) is 0 Å². The van der Waals surface area contributed by atoms with Gasteiger partial charge in [0.25, 0.3) is 0 Å². The van der Waals surface area contributed by atoms with Gasteiger partial charge in [0.2, 0.25) is 0 Å². The van der Waals surface area contributed by atoms with E-state index in [2.05, 4.69) is 44.7 Å². The van der Waals surface area contributed by atoms with Gasteiger partial charge < -0.3 is 5.32 Å². The number of allylic oxidation sites excluding steroid dienone is 1. The molecule has 1 atom stereocenters. The molecular weight excluding hydrogens is 208 g/mol. The van der Waals surface area contributed by atoms with Crippen LogP contribution in [-0.2, 0) is 0 Å². The molecule has 0 fully saturated rings.